The van der Waals surface area contributed by atoms with Gasteiger partial charge in [0.25, 0.3) is 0 Å². The van der Waals surface area contributed by atoms with Crippen molar-refractivity contribution >= 4 is 5.69 Å². The van der Waals surface area contributed by atoms with Crippen LogP contribution in [0.3, 0.4) is 0 Å². The van der Waals surface area contributed by atoms with Gasteiger partial charge in [-0.3, -0.25) is 0 Å². The molecule has 0 aliphatic heterocycles. The van der Waals surface area contributed by atoms with Gasteiger partial charge in [0, 0.05) is 26.7 Å². The first kappa shape index (κ1) is 12.9. The van der Waals surface area contributed by atoms with Gasteiger partial charge in [-0.25, -0.2) is 8.78 Å². The fourth-order valence-corrected chi connectivity index (χ4v) is 1.47. The van der Waals surface area contributed by atoms with Gasteiger partial charge in [-0.1, -0.05) is 13.8 Å². The van der Waals surface area contributed by atoms with Crippen molar-refractivity contribution in [2.45, 2.75) is 26.4 Å². The van der Waals surface area contributed by atoms with Gasteiger partial charge < -0.3 is 10.2 Å². The van der Waals surface area contributed by atoms with Crippen molar-refractivity contribution in [3.05, 3.63) is 29.3 Å². The highest BCUT2D eigenvalue weighted by Crippen LogP contribution is 2.23. The summed E-state index contributed by atoms with van der Waals surface area (Å²) in [5.74, 6) is -1.05. The predicted octanol–water partition coefficient (Wildman–Crippen LogP) is 2.53. The van der Waals surface area contributed by atoms with Crippen molar-refractivity contribution < 1.29 is 8.78 Å². The van der Waals surface area contributed by atoms with E-state index in [1.807, 2.05) is 13.8 Å². The van der Waals surface area contributed by atoms with E-state index in [-0.39, 0.29) is 5.69 Å². The number of halogens is 2. The lowest BCUT2D eigenvalue weighted by atomic mass is 10.1. The maximum Gasteiger partial charge on any atom is 0.149 e. The van der Waals surface area contributed by atoms with E-state index in [1.165, 1.54) is 17.0 Å². The molecule has 90 valence electrons. The van der Waals surface area contributed by atoms with E-state index in [0.29, 0.717) is 18.2 Å². The van der Waals surface area contributed by atoms with Gasteiger partial charge in [0.2, 0.25) is 0 Å². The molecule has 4 heteroatoms. The Bertz CT molecular complexity index is 339. The van der Waals surface area contributed by atoms with Gasteiger partial charge in [-0.2, -0.15) is 0 Å². The molecule has 0 unspecified atom stereocenters. The van der Waals surface area contributed by atoms with E-state index in [1.54, 1.807) is 14.1 Å². The van der Waals surface area contributed by atoms with Crippen molar-refractivity contribution in [1.29, 1.82) is 0 Å². The summed E-state index contributed by atoms with van der Waals surface area (Å²) in [6, 6.07) is 3.03. The van der Waals surface area contributed by atoms with Crippen LogP contribution in [0.15, 0.2) is 12.1 Å². The van der Waals surface area contributed by atoms with Crippen molar-refractivity contribution in [3.8, 4) is 0 Å². The Balaban J connectivity index is 2.92. The molecule has 2 nitrogen and oxygen atoms in total. The maximum atomic E-state index is 13.6. The van der Waals surface area contributed by atoms with E-state index in [4.69, 9.17) is 0 Å². The van der Waals surface area contributed by atoms with E-state index < -0.39 is 11.6 Å². The largest absolute Gasteiger partial charge is 0.373 e. The third-order valence-corrected chi connectivity index (χ3v) is 2.24. The number of hydrogen-bond acceptors (Lipinski definition) is 2. The number of anilines is 1. The van der Waals surface area contributed by atoms with Gasteiger partial charge >= 0.3 is 0 Å². The van der Waals surface area contributed by atoms with Crippen molar-refractivity contribution in [3.63, 3.8) is 0 Å². The summed E-state index contributed by atoms with van der Waals surface area (Å²) in [5, 5.41) is 3.12. The van der Waals surface area contributed by atoms with Crippen LogP contribution in [0.2, 0.25) is 0 Å². The third kappa shape index (κ3) is 3.17. The first-order chi connectivity index (χ1) is 7.41. The standard InChI is InChI=1S/C12H18F2N2/c1-8(2)15-7-9-5-10(13)12(16(3)4)11(14)6-9/h5-6,8,15H,7H2,1-4H3. The van der Waals surface area contributed by atoms with Crippen LogP contribution in [0, 0.1) is 11.6 Å². The van der Waals surface area contributed by atoms with Crippen LogP contribution < -0.4 is 10.2 Å². The molecule has 0 aromatic heterocycles. The normalized spacial score (nSPS) is 10.9. The fraction of sp³-hybridized carbons (Fsp3) is 0.500. The van der Waals surface area contributed by atoms with Gasteiger partial charge in [-0.15, -0.1) is 0 Å². The second-order valence-corrected chi connectivity index (χ2v) is 4.34. The molecule has 1 aromatic carbocycles. The molecular formula is C12H18F2N2. The molecule has 0 aliphatic carbocycles. The summed E-state index contributed by atoms with van der Waals surface area (Å²) in [5.41, 5.74) is 0.627. The minimum absolute atomic E-state index is 0.00768. The van der Waals surface area contributed by atoms with Crippen LogP contribution in [0.4, 0.5) is 14.5 Å². The molecule has 1 aromatic rings. The lowest BCUT2D eigenvalue weighted by Crippen LogP contribution is -2.22. The quantitative estimate of drug-likeness (QED) is 0.852. The highest BCUT2D eigenvalue weighted by atomic mass is 19.1. The molecule has 16 heavy (non-hydrogen) atoms. The first-order valence-electron chi connectivity index (χ1n) is 5.30. The summed E-state index contributed by atoms with van der Waals surface area (Å²) in [7, 11) is 3.24. The van der Waals surface area contributed by atoms with E-state index >= 15 is 0 Å². The monoisotopic (exact) mass is 228 g/mol. The molecule has 0 fully saturated rings. The fourth-order valence-electron chi connectivity index (χ4n) is 1.47. The molecule has 0 aliphatic rings. The second kappa shape index (κ2) is 5.25. The molecule has 0 amide bonds. The first-order valence-corrected chi connectivity index (χ1v) is 5.30. The van der Waals surface area contributed by atoms with Crippen molar-refractivity contribution in [2.24, 2.45) is 0 Å². The topological polar surface area (TPSA) is 15.3 Å². The minimum Gasteiger partial charge on any atom is -0.373 e. The van der Waals surface area contributed by atoms with E-state index in [0.717, 1.165) is 0 Å². The lowest BCUT2D eigenvalue weighted by molar-refractivity contribution is 0.560. The third-order valence-electron chi connectivity index (χ3n) is 2.24. The minimum atomic E-state index is -0.523. The molecule has 1 rings (SSSR count). The van der Waals surface area contributed by atoms with Crippen LogP contribution in [-0.4, -0.2) is 20.1 Å². The van der Waals surface area contributed by atoms with Gasteiger partial charge in [0.15, 0.2) is 0 Å². The number of benzene rings is 1. The molecule has 0 bridgehead atoms. The van der Waals surface area contributed by atoms with Crippen LogP contribution >= 0.6 is 0 Å². The second-order valence-electron chi connectivity index (χ2n) is 4.34. The van der Waals surface area contributed by atoms with Crippen molar-refractivity contribution in [1.82, 2.24) is 5.32 Å². The maximum absolute atomic E-state index is 13.6. The highest BCUT2D eigenvalue weighted by molar-refractivity contribution is 5.49. The molecular weight excluding hydrogens is 210 g/mol. The van der Waals surface area contributed by atoms with Crippen LogP contribution in [0.25, 0.3) is 0 Å². The summed E-state index contributed by atoms with van der Waals surface area (Å²) >= 11 is 0. The Morgan fingerprint density at radius 3 is 2.06 bits per heavy atom. The SMILES string of the molecule is CC(C)NCc1cc(F)c(N(C)C)c(F)c1. The molecule has 0 radical (unpaired) electrons. The Labute approximate surface area is 95.3 Å². The molecule has 0 saturated heterocycles. The average molecular weight is 228 g/mol. The zero-order chi connectivity index (χ0) is 12.3. The van der Waals surface area contributed by atoms with Gasteiger partial charge in [-0.05, 0) is 17.7 Å². The number of nitrogens with one attached hydrogen (secondary N) is 1. The van der Waals surface area contributed by atoms with Gasteiger partial charge in [0.1, 0.15) is 17.3 Å². The smallest absolute Gasteiger partial charge is 0.149 e. The zero-order valence-corrected chi connectivity index (χ0v) is 10.1. The zero-order valence-electron chi connectivity index (χ0n) is 10.1. The summed E-state index contributed by atoms with van der Waals surface area (Å²) < 4.78 is 27.2. The van der Waals surface area contributed by atoms with E-state index in [9.17, 15) is 8.78 Å². The van der Waals surface area contributed by atoms with Gasteiger partial charge in [0.05, 0.1) is 0 Å². The number of rotatable bonds is 4. The average Bonchev–Trinajstić information content (AvgIpc) is 2.12. The molecule has 0 saturated carbocycles. The van der Waals surface area contributed by atoms with Crippen LogP contribution in [0.1, 0.15) is 19.4 Å². The molecule has 0 spiro atoms. The summed E-state index contributed by atoms with van der Waals surface area (Å²) in [6.07, 6.45) is 0. The summed E-state index contributed by atoms with van der Waals surface area (Å²) in [6.45, 7) is 4.45. The van der Waals surface area contributed by atoms with Crippen LogP contribution in [-0.2, 0) is 6.54 Å². The van der Waals surface area contributed by atoms with Crippen molar-refractivity contribution in [2.75, 3.05) is 19.0 Å². The molecule has 0 heterocycles. The van der Waals surface area contributed by atoms with Crippen LogP contribution in [0.5, 0.6) is 0 Å². The summed E-state index contributed by atoms with van der Waals surface area (Å²) in [4.78, 5) is 1.43. The Hall–Kier alpha value is -1.16. The number of hydrogen-bond donors (Lipinski definition) is 1. The Morgan fingerprint density at radius 1 is 1.19 bits per heavy atom. The Morgan fingerprint density at radius 2 is 1.69 bits per heavy atom. The molecule has 1 N–H and O–H groups in total. The lowest BCUT2D eigenvalue weighted by Gasteiger charge is -2.16. The number of nitrogens with zero attached hydrogens (tertiary/aromatic N) is 1. The van der Waals surface area contributed by atoms with E-state index in [2.05, 4.69) is 5.32 Å². The predicted molar refractivity (Wildman–Crippen MR) is 62.7 cm³/mol. The highest BCUT2D eigenvalue weighted by Gasteiger charge is 2.12. The Kier molecular flexibility index (Phi) is 4.24. The molecule has 0 atom stereocenters.